The van der Waals surface area contributed by atoms with Gasteiger partial charge >= 0.3 is 6.03 Å². The maximum atomic E-state index is 12.1. The molecule has 0 aliphatic rings. The quantitative estimate of drug-likeness (QED) is 0.758. The van der Waals surface area contributed by atoms with Crippen molar-refractivity contribution in [1.82, 2.24) is 10.6 Å². The summed E-state index contributed by atoms with van der Waals surface area (Å²) in [6.07, 6.45) is 0. The molecule has 0 saturated heterocycles. The number of anilines is 1. The van der Waals surface area contributed by atoms with E-state index in [4.69, 9.17) is 23.2 Å². The first-order valence-corrected chi connectivity index (χ1v) is 8.01. The summed E-state index contributed by atoms with van der Waals surface area (Å²) in [4.78, 5) is 23.6. The SMILES string of the molecule is CNC(=O)c1ccc(NC(=O)NC(C)c2ccc(Cl)cc2Cl)cc1. The van der Waals surface area contributed by atoms with Crippen molar-refractivity contribution < 1.29 is 9.59 Å². The number of urea groups is 1. The van der Waals surface area contributed by atoms with Gasteiger partial charge in [-0.2, -0.15) is 0 Å². The molecule has 1 atom stereocenters. The first-order chi connectivity index (χ1) is 11.4. The van der Waals surface area contributed by atoms with E-state index in [0.29, 0.717) is 21.3 Å². The average Bonchev–Trinajstić information content (AvgIpc) is 2.54. The number of amides is 3. The van der Waals surface area contributed by atoms with Gasteiger partial charge in [0.2, 0.25) is 0 Å². The molecular weight excluding hydrogens is 349 g/mol. The number of rotatable bonds is 4. The number of carbonyl (C=O) groups excluding carboxylic acids is 2. The second-order valence-corrected chi connectivity index (χ2v) is 5.99. The van der Waals surface area contributed by atoms with Crippen LogP contribution in [-0.4, -0.2) is 19.0 Å². The van der Waals surface area contributed by atoms with E-state index in [1.165, 1.54) is 0 Å². The van der Waals surface area contributed by atoms with Crippen molar-refractivity contribution in [2.75, 3.05) is 12.4 Å². The average molecular weight is 366 g/mol. The standard InChI is InChI=1S/C17H17Cl2N3O2/c1-10(14-8-5-12(18)9-15(14)19)21-17(24)22-13-6-3-11(4-7-13)16(23)20-2/h3-10H,1-2H3,(H,20,23)(H2,21,22,24). The number of halogens is 2. The highest BCUT2D eigenvalue weighted by atomic mass is 35.5. The molecule has 1 unspecified atom stereocenters. The number of carbonyl (C=O) groups is 2. The summed E-state index contributed by atoms with van der Waals surface area (Å²) >= 11 is 12.0. The molecule has 5 nitrogen and oxygen atoms in total. The molecule has 0 saturated carbocycles. The van der Waals surface area contributed by atoms with E-state index in [0.717, 1.165) is 5.56 Å². The molecule has 0 aliphatic heterocycles. The summed E-state index contributed by atoms with van der Waals surface area (Å²) in [5.41, 5.74) is 1.87. The van der Waals surface area contributed by atoms with Crippen molar-refractivity contribution in [2.24, 2.45) is 0 Å². The molecular formula is C17H17Cl2N3O2. The number of hydrogen-bond donors (Lipinski definition) is 3. The molecule has 3 amide bonds. The zero-order chi connectivity index (χ0) is 17.7. The van der Waals surface area contributed by atoms with E-state index in [2.05, 4.69) is 16.0 Å². The van der Waals surface area contributed by atoms with Crippen molar-refractivity contribution >= 4 is 40.8 Å². The predicted molar refractivity (Wildman–Crippen MR) is 96.9 cm³/mol. The van der Waals surface area contributed by atoms with Crippen LogP contribution in [-0.2, 0) is 0 Å². The Bertz CT molecular complexity index is 748. The Morgan fingerprint density at radius 2 is 1.71 bits per heavy atom. The summed E-state index contributed by atoms with van der Waals surface area (Å²) in [5.74, 6) is -0.183. The highest BCUT2D eigenvalue weighted by Crippen LogP contribution is 2.26. The zero-order valence-electron chi connectivity index (χ0n) is 13.2. The minimum absolute atomic E-state index is 0.183. The van der Waals surface area contributed by atoms with E-state index in [9.17, 15) is 9.59 Å². The Balaban J connectivity index is 1.98. The van der Waals surface area contributed by atoms with E-state index < -0.39 is 0 Å². The molecule has 0 aliphatic carbocycles. The smallest absolute Gasteiger partial charge is 0.319 e. The van der Waals surface area contributed by atoms with Crippen molar-refractivity contribution in [1.29, 1.82) is 0 Å². The van der Waals surface area contributed by atoms with Gasteiger partial charge in [0.15, 0.2) is 0 Å². The Morgan fingerprint density at radius 1 is 1.04 bits per heavy atom. The summed E-state index contributed by atoms with van der Waals surface area (Å²) in [6, 6.07) is 11.0. The van der Waals surface area contributed by atoms with Crippen LogP contribution in [0.3, 0.4) is 0 Å². The summed E-state index contributed by atoms with van der Waals surface area (Å²) in [6.45, 7) is 1.82. The number of nitrogens with one attached hydrogen (secondary N) is 3. The first-order valence-electron chi connectivity index (χ1n) is 7.25. The zero-order valence-corrected chi connectivity index (χ0v) is 14.7. The van der Waals surface area contributed by atoms with Gasteiger partial charge in [0.1, 0.15) is 0 Å². The van der Waals surface area contributed by atoms with E-state index in [1.807, 2.05) is 6.92 Å². The maximum Gasteiger partial charge on any atom is 0.319 e. The lowest BCUT2D eigenvalue weighted by atomic mass is 10.1. The van der Waals surface area contributed by atoms with Crippen LogP contribution in [0.5, 0.6) is 0 Å². The van der Waals surface area contributed by atoms with Crippen molar-refractivity contribution in [3.63, 3.8) is 0 Å². The second-order valence-electron chi connectivity index (χ2n) is 5.14. The molecule has 24 heavy (non-hydrogen) atoms. The van der Waals surface area contributed by atoms with Crippen LogP contribution in [0.1, 0.15) is 28.9 Å². The lowest BCUT2D eigenvalue weighted by Gasteiger charge is -2.16. The first kappa shape index (κ1) is 18.1. The fourth-order valence-corrected chi connectivity index (χ4v) is 2.72. The van der Waals surface area contributed by atoms with Crippen LogP contribution in [0.15, 0.2) is 42.5 Å². The van der Waals surface area contributed by atoms with Crippen LogP contribution in [0.4, 0.5) is 10.5 Å². The number of hydrogen-bond acceptors (Lipinski definition) is 2. The van der Waals surface area contributed by atoms with Crippen molar-refractivity contribution in [2.45, 2.75) is 13.0 Å². The minimum atomic E-state index is -0.374. The van der Waals surface area contributed by atoms with Gasteiger partial charge in [-0.05, 0) is 48.9 Å². The van der Waals surface area contributed by atoms with Gasteiger partial charge in [0.05, 0.1) is 6.04 Å². The fourth-order valence-electron chi connectivity index (χ4n) is 2.14. The molecule has 3 N–H and O–H groups in total. The molecule has 0 aromatic heterocycles. The predicted octanol–water partition coefficient (Wildman–Crippen LogP) is 4.24. The molecule has 2 aromatic carbocycles. The Labute approximate surface area is 150 Å². The van der Waals surface area contributed by atoms with Crippen LogP contribution in [0.25, 0.3) is 0 Å². The normalized spacial score (nSPS) is 11.5. The molecule has 0 spiro atoms. The highest BCUT2D eigenvalue weighted by molar-refractivity contribution is 6.35. The largest absolute Gasteiger partial charge is 0.355 e. The Morgan fingerprint density at radius 3 is 2.29 bits per heavy atom. The van der Waals surface area contributed by atoms with Gasteiger partial charge in [0, 0.05) is 28.3 Å². The van der Waals surface area contributed by atoms with Gasteiger partial charge in [-0.15, -0.1) is 0 Å². The van der Waals surface area contributed by atoms with Gasteiger partial charge in [-0.1, -0.05) is 29.3 Å². The van der Waals surface area contributed by atoms with Gasteiger partial charge in [-0.3, -0.25) is 4.79 Å². The Kier molecular flexibility index (Phi) is 6.06. The molecule has 0 radical (unpaired) electrons. The topological polar surface area (TPSA) is 70.2 Å². The lowest BCUT2D eigenvalue weighted by Crippen LogP contribution is -2.31. The third-order valence-electron chi connectivity index (χ3n) is 3.41. The fraction of sp³-hybridized carbons (Fsp3) is 0.176. The lowest BCUT2D eigenvalue weighted by molar-refractivity contribution is 0.0963. The van der Waals surface area contributed by atoms with E-state index in [1.54, 1.807) is 49.5 Å². The third-order valence-corrected chi connectivity index (χ3v) is 3.97. The molecule has 0 bridgehead atoms. The highest BCUT2D eigenvalue weighted by Gasteiger charge is 2.13. The summed E-state index contributed by atoms with van der Waals surface area (Å²) in [7, 11) is 1.56. The third kappa shape index (κ3) is 4.63. The van der Waals surface area contributed by atoms with Crippen LogP contribution in [0.2, 0.25) is 10.0 Å². The molecule has 0 heterocycles. The maximum absolute atomic E-state index is 12.1. The Hall–Kier alpha value is -2.24. The van der Waals surface area contributed by atoms with Gasteiger partial charge in [0.25, 0.3) is 5.91 Å². The van der Waals surface area contributed by atoms with Crippen LogP contribution in [0, 0.1) is 0 Å². The molecule has 2 aromatic rings. The van der Waals surface area contributed by atoms with Crippen molar-refractivity contribution in [3.8, 4) is 0 Å². The van der Waals surface area contributed by atoms with Gasteiger partial charge < -0.3 is 16.0 Å². The molecule has 0 fully saturated rings. The number of benzene rings is 2. The summed E-state index contributed by atoms with van der Waals surface area (Å²) in [5, 5.41) is 9.07. The molecule has 2 rings (SSSR count). The van der Waals surface area contributed by atoms with Crippen LogP contribution >= 0.6 is 23.2 Å². The minimum Gasteiger partial charge on any atom is -0.355 e. The van der Waals surface area contributed by atoms with E-state index in [-0.39, 0.29) is 18.0 Å². The van der Waals surface area contributed by atoms with Gasteiger partial charge in [-0.25, -0.2) is 4.79 Å². The van der Waals surface area contributed by atoms with E-state index >= 15 is 0 Å². The van der Waals surface area contributed by atoms with Crippen LogP contribution < -0.4 is 16.0 Å². The molecule has 126 valence electrons. The summed E-state index contributed by atoms with van der Waals surface area (Å²) < 4.78 is 0. The molecule has 7 heteroatoms. The second kappa shape index (κ2) is 8.04. The monoisotopic (exact) mass is 365 g/mol. The van der Waals surface area contributed by atoms with Crippen molar-refractivity contribution in [3.05, 3.63) is 63.6 Å².